The number of hydrogen-bond donors (Lipinski definition) is 2. The highest BCUT2D eigenvalue weighted by Gasteiger charge is 2.20. The summed E-state index contributed by atoms with van der Waals surface area (Å²) >= 11 is 7.73. The van der Waals surface area contributed by atoms with Crippen LogP contribution in [-0.4, -0.2) is 48.8 Å². The number of guanidine groups is 1. The average molecular weight is 445 g/mol. The van der Waals surface area contributed by atoms with Crippen LogP contribution in [-0.2, 0) is 6.42 Å². The van der Waals surface area contributed by atoms with E-state index in [0.29, 0.717) is 35.7 Å². The fraction of sp³-hybridized carbons (Fsp3) is 0.381. The Morgan fingerprint density at radius 2 is 2.07 bits per heavy atom. The standard InChI is InChI=1S/C21H25ClN6OS/c1-23-21(25-17-9-12-28(13-10-17)19-3-2-14-30-19)24-11-8-18-26-20(27-29-18)15-4-6-16(22)7-5-15/h2-7,14,17H,8-13H2,1H3,(H2,23,24,25). The molecule has 2 N–H and O–H groups in total. The van der Waals surface area contributed by atoms with Gasteiger partial charge in [-0.15, -0.1) is 11.3 Å². The molecule has 4 rings (SSSR count). The average Bonchev–Trinajstić information content (AvgIpc) is 3.47. The molecule has 0 unspecified atom stereocenters. The number of aliphatic imine (C=N–C) groups is 1. The van der Waals surface area contributed by atoms with Gasteiger partial charge in [-0.1, -0.05) is 16.8 Å². The minimum atomic E-state index is 0.423. The Morgan fingerprint density at radius 3 is 2.77 bits per heavy atom. The molecule has 1 saturated heterocycles. The van der Waals surface area contributed by atoms with Crippen molar-refractivity contribution >= 4 is 33.9 Å². The molecule has 1 aliphatic rings. The molecule has 3 heterocycles. The Labute approximate surface area is 185 Å². The van der Waals surface area contributed by atoms with Gasteiger partial charge in [0.25, 0.3) is 0 Å². The minimum absolute atomic E-state index is 0.423. The van der Waals surface area contributed by atoms with Crippen molar-refractivity contribution in [3.8, 4) is 11.4 Å². The lowest BCUT2D eigenvalue weighted by atomic mass is 10.1. The van der Waals surface area contributed by atoms with Crippen LogP contribution in [0.15, 0.2) is 51.3 Å². The van der Waals surface area contributed by atoms with E-state index in [2.05, 4.69) is 48.2 Å². The van der Waals surface area contributed by atoms with Gasteiger partial charge in [0, 0.05) is 49.7 Å². The van der Waals surface area contributed by atoms with Crippen LogP contribution < -0.4 is 15.5 Å². The van der Waals surface area contributed by atoms with E-state index in [-0.39, 0.29) is 0 Å². The van der Waals surface area contributed by atoms with Crippen molar-refractivity contribution in [3.05, 3.63) is 52.7 Å². The maximum atomic E-state index is 5.92. The van der Waals surface area contributed by atoms with Crippen molar-refractivity contribution in [1.82, 2.24) is 20.8 Å². The number of thiophene rings is 1. The molecular weight excluding hydrogens is 420 g/mol. The molecular formula is C21H25ClN6OS. The van der Waals surface area contributed by atoms with Crippen LogP contribution in [0.4, 0.5) is 5.00 Å². The number of nitrogens with one attached hydrogen (secondary N) is 2. The van der Waals surface area contributed by atoms with Crippen LogP contribution in [0.3, 0.4) is 0 Å². The van der Waals surface area contributed by atoms with E-state index in [4.69, 9.17) is 16.1 Å². The number of rotatable bonds is 6. The highest BCUT2D eigenvalue weighted by Crippen LogP contribution is 2.24. The largest absolute Gasteiger partial charge is 0.363 e. The molecule has 3 aromatic rings. The summed E-state index contributed by atoms with van der Waals surface area (Å²) in [4.78, 5) is 11.3. The summed E-state index contributed by atoms with van der Waals surface area (Å²) in [7, 11) is 1.79. The molecule has 1 fully saturated rings. The van der Waals surface area contributed by atoms with Gasteiger partial charge in [0.1, 0.15) is 0 Å². The van der Waals surface area contributed by atoms with E-state index in [1.165, 1.54) is 5.00 Å². The van der Waals surface area contributed by atoms with Crippen molar-refractivity contribution < 1.29 is 4.52 Å². The molecule has 0 amide bonds. The van der Waals surface area contributed by atoms with E-state index < -0.39 is 0 Å². The number of hydrogen-bond acceptors (Lipinski definition) is 6. The SMILES string of the molecule is CN=C(NCCc1nc(-c2ccc(Cl)cc2)no1)NC1CCN(c2cccs2)CC1. The van der Waals surface area contributed by atoms with Crippen LogP contribution >= 0.6 is 22.9 Å². The second kappa shape index (κ2) is 9.95. The Bertz CT molecular complexity index is 948. The van der Waals surface area contributed by atoms with Crippen LogP contribution in [0.25, 0.3) is 11.4 Å². The third-order valence-corrected chi connectivity index (χ3v) is 6.26. The minimum Gasteiger partial charge on any atom is -0.363 e. The summed E-state index contributed by atoms with van der Waals surface area (Å²) in [5.41, 5.74) is 0.883. The lowest BCUT2D eigenvalue weighted by Crippen LogP contribution is -2.49. The monoisotopic (exact) mass is 444 g/mol. The van der Waals surface area contributed by atoms with Crippen LogP contribution in [0, 0.1) is 0 Å². The molecule has 0 aliphatic carbocycles. The summed E-state index contributed by atoms with van der Waals surface area (Å²) in [5, 5.41) is 15.1. The topological polar surface area (TPSA) is 78.6 Å². The van der Waals surface area contributed by atoms with E-state index in [1.807, 2.05) is 24.3 Å². The maximum Gasteiger partial charge on any atom is 0.228 e. The van der Waals surface area contributed by atoms with Gasteiger partial charge in [-0.2, -0.15) is 4.98 Å². The zero-order chi connectivity index (χ0) is 20.8. The summed E-state index contributed by atoms with van der Waals surface area (Å²) in [6, 6.07) is 12.1. The zero-order valence-corrected chi connectivity index (χ0v) is 18.4. The lowest BCUT2D eigenvalue weighted by molar-refractivity contribution is 0.378. The molecule has 0 bridgehead atoms. The van der Waals surface area contributed by atoms with E-state index in [0.717, 1.165) is 37.5 Å². The molecule has 1 aliphatic heterocycles. The molecule has 9 heteroatoms. The van der Waals surface area contributed by atoms with Crippen LogP contribution in [0.5, 0.6) is 0 Å². The first-order valence-electron chi connectivity index (χ1n) is 10.1. The van der Waals surface area contributed by atoms with E-state index in [1.54, 1.807) is 18.4 Å². The molecule has 0 spiro atoms. The molecule has 30 heavy (non-hydrogen) atoms. The Hall–Kier alpha value is -2.58. The predicted molar refractivity (Wildman–Crippen MR) is 122 cm³/mol. The van der Waals surface area contributed by atoms with Crippen molar-refractivity contribution in [2.75, 3.05) is 31.6 Å². The maximum absolute atomic E-state index is 5.92. The normalized spacial score (nSPS) is 15.4. The summed E-state index contributed by atoms with van der Waals surface area (Å²) in [6.45, 7) is 2.78. The third-order valence-electron chi connectivity index (χ3n) is 5.08. The molecule has 0 radical (unpaired) electrons. The zero-order valence-electron chi connectivity index (χ0n) is 16.8. The number of piperidine rings is 1. The van der Waals surface area contributed by atoms with Gasteiger partial charge in [-0.3, -0.25) is 4.99 Å². The fourth-order valence-electron chi connectivity index (χ4n) is 3.44. The van der Waals surface area contributed by atoms with Crippen molar-refractivity contribution in [3.63, 3.8) is 0 Å². The van der Waals surface area contributed by atoms with Gasteiger partial charge < -0.3 is 20.1 Å². The van der Waals surface area contributed by atoms with Crippen molar-refractivity contribution in [2.45, 2.75) is 25.3 Å². The van der Waals surface area contributed by atoms with Gasteiger partial charge in [-0.05, 0) is 54.6 Å². The molecule has 7 nitrogen and oxygen atoms in total. The predicted octanol–water partition coefficient (Wildman–Crippen LogP) is 3.83. The molecule has 0 saturated carbocycles. The molecule has 158 valence electrons. The molecule has 1 aromatic carbocycles. The lowest BCUT2D eigenvalue weighted by Gasteiger charge is -2.33. The molecule has 0 atom stereocenters. The van der Waals surface area contributed by atoms with Gasteiger partial charge in [0.15, 0.2) is 5.96 Å². The van der Waals surface area contributed by atoms with Gasteiger partial charge in [-0.25, -0.2) is 0 Å². The highest BCUT2D eigenvalue weighted by atomic mass is 35.5. The van der Waals surface area contributed by atoms with Crippen molar-refractivity contribution in [2.24, 2.45) is 4.99 Å². The Kier molecular flexibility index (Phi) is 6.86. The fourth-order valence-corrected chi connectivity index (χ4v) is 4.35. The van der Waals surface area contributed by atoms with E-state index >= 15 is 0 Å². The Morgan fingerprint density at radius 1 is 1.27 bits per heavy atom. The Balaban J connectivity index is 1.21. The number of anilines is 1. The number of halogens is 1. The number of aromatic nitrogens is 2. The summed E-state index contributed by atoms with van der Waals surface area (Å²) in [6.07, 6.45) is 2.80. The number of benzene rings is 1. The van der Waals surface area contributed by atoms with Gasteiger partial charge >= 0.3 is 0 Å². The van der Waals surface area contributed by atoms with Crippen LogP contribution in [0.1, 0.15) is 18.7 Å². The summed E-state index contributed by atoms with van der Waals surface area (Å²) < 4.78 is 5.36. The highest BCUT2D eigenvalue weighted by molar-refractivity contribution is 7.14. The molecule has 2 aromatic heterocycles. The smallest absolute Gasteiger partial charge is 0.228 e. The first-order chi connectivity index (χ1) is 14.7. The van der Waals surface area contributed by atoms with Crippen LogP contribution in [0.2, 0.25) is 5.02 Å². The second-order valence-corrected chi connectivity index (χ2v) is 8.49. The second-order valence-electron chi connectivity index (χ2n) is 7.12. The first-order valence-corrected chi connectivity index (χ1v) is 11.3. The van der Waals surface area contributed by atoms with Gasteiger partial charge in [0.05, 0.1) is 5.00 Å². The number of nitrogens with zero attached hydrogens (tertiary/aromatic N) is 4. The van der Waals surface area contributed by atoms with E-state index in [9.17, 15) is 0 Å². The summed E-state index contributed by atoms with van der Waals surface area (Å²) in [5.74, 6) is 1.97. The quantitative estimate of drug-likeness (QED) is 0.444. The third kappa shape index (κ3) is 5.31. The first kappa shape index (κ1) is 20.7. The van der Waals surface area contributed by atoms with Crippen molar-refractivity contribution in [1.29, 1.82) is 0 Å². The van der Waals surface area contributed by atoms with Gasteiger partial charge in [0.2, 0.25) is 11.7 Å².